The van der Waals surface area contributed by atoms with Gasteiger partial charge >= 0.3 is 0 Å². The molecule has 1 aromatic carbocycles. The Morgan fingerprint density at radius 1 is 1.20 bits per heavy atom. The summed E-state index contributed by atoms with van der Waals surface area (Å²) in [4.78, 5) is 5.65. The smallest absolute Gasteiger partial charge is 0.265 e. The lowest BCUT2D eigenvalue weighted by Gasteiger charge is -2.08. The molecule has 0 aliphatic rings. The average molecular weight is 373 g/mol. The van der Waals surface area contributed by atoms with E-state index in [4.69, 9.17) is 0 Å². The van der Waals surface area contributed by atoms with Gasteiger partial charge in [0.1, 0.15) is 4.90 Å². The lowest BCUT2D eigenvalue weighted by Crippen LogP contribution is -2.14. The molecule has 3 aromatic heterocycles. The van der Waals surface area contributed by atoms with Gasteiger partial charge < -0.3 is 0 Å². The van der Waals surface area contributed by atoms with Gasteiger partial charge in [-0.1, -0.05) is 12.1 Å². The Labute approximate surface area is 148 Å². The number of aryl methyl sites for hydroxylation is 2. The highest BCUT2D eigenvalue weighted by molar-refractivity contribution is 7.92. The van der Waals surface area contributed by atoms with Crippen molar-refractivity contribution < 1.29 is 8.42 Å². The first-order chi connectivity index (χ1) is 11.9. The van der Waals surface area contributed by atoms with E-state index in [9.17, 15) is 8.42 Å². The molecule has 25 heavy (non-hydrogen) atoms. The fourth-order valence-electron chi connectivity index (χ4n) is 2.72. The van der Waals surface area contributed by atoms with E-state index in [-0.39, 0.29) is 4.90 Å². The normalized spacial score (nSPS) is 11.9. The number of thiazole rings is 1. The number of H-pyrrole nitrogens is 1. The molecular formula is C16H15N5O2S2. The summed E-state index contributed by atoms with van der Waals surface area (Å²) in [6.45, 7) is 3.34. The third kappa shape index (κ3) is 2.81. The molecule has 4 aromatic rings. The number of hydrogen-bond donors (Lipinski definition) is 2. The van der Waals surface area contributed by atoms with E-state index in [2.05, 4.69) is 19.9 Å². The molecule has 0 amide bonds. The molecule has 7 nitrogen and oxygen atoms in total. The molecule has 0 atom stereocenters. The number of aromatic nitrogens is 4. The minimum Gasteiger partial charge on any atom is -0.297 e. The number of anilines is 1. The van der Waals surface area contributed by atoms with Crippen LogP contribution < -0.4 is 4.72 Å². The van der Waals surface area contributed by atoms with Gasteiger partial charge in [0, 0.05) is 29.0 Å². The SMILES string of the molecule is Cc1n[nH]c(C)c1S(=O)(=O)Nc1ccc(-c2cn3ccsc3n2)cc1. The molecule has 128 valence electrons. The summed E-state index contributed by atoms with van der Waals surface area (Å²) in [6.07, 6.45) is 3.90. The molecule has 0 unspecified atom stereocenters. The van der Waals surface area contributed by atoms with Crippen LogP contribution in [0, 0.1) is 13.8 Å². The molecule has 3 heterocycles. The first-order valence-electron chi connectivity index (χ1n) is 7.51. The van der Waals surface area contributed by atoms with Gasteiger partial charge in [-0.25, -0.2) is 13.4 Å². The fraction of sp³-hybridized carbons (Fsp3) is 0.125. The third-order valence-corrected chi connectivity index (χ3v) is 6.27. The number of sulfonamides is 1. The van der Waals surface area contributed by atoms with Crippen LogP contribution in [0.1, 0.15) is 11.4 Å². The van der Waals surface area contributed by atoms with Crippen molar-refractivity contribution in [2.45, 2.75) is 18.7 Å². The van der Waals surface area contributed by atoms with Gasteiger partial charge in [-0.05, 0) is 26.0 Å². The van der Waals surface area contributed by atoms with Crippen molar-refractivity contribution in [3.63, 3.8) is 0 Å². The Hall–Kier alpha value is -2.65. The van der Waals surface area contributed by atoms with Crippen molar-refractivity contribution in [1.82, 2.24) is 19.6 Å². The van der Waals surface area contributed by atoms with Crippen LogP contribution in [0.25, 0.3) is 16.2 Å². The summed E-state index contributed by atoms with van der Waals surface area (Å²) in [5.41, 5.74) is 3.22. The van der Waals surface area contributed by atoms with Crippen LogP contribution in [0.5, 0.6) is 0 Å². The van der Waals surface area contributed by atoms with Crippen molar-refractivity contribution in [1.29, 1.82) is 0 Å². The van der Waals surface area contributed by atoms with E-state index in [0.29, 0.717) is 17.1 Å². The first kappa shape index (κ1) is 15.9. The maximum atomic E-state index is 12.6. The Balaban J connectivity index is 1.61. The second-order valence-corrected chi connectivity index (χ2v) is 8.16. The van der Waals surface area contributed by atoms with Gasteiger partial charge in [0.05, 0.1) is 17.1 Å². The lowest BCUT2D eigenvalue weighted by molar-refractivity contribution is 0.600. The average Bonchev–Trinajstić information content (AvgIpc) is 3.22. The van der Waals surface area contributed by atoms with Gasteiger partial charge in [0.15, 0.2) is 4.96 Å². The highest BCUT2D eigenvalue weighted by Crippen LogP contribution is 2.25. The number of nitrogens with zero attached hydrogens (tertiary/aromatic N) is 3. The molecule has 0 aliphatic carbocycles. The predicted octanol–water partition coefficient (Wildman–Crippen LogP) is 3.20. The van der Waals surface area contributed by atoms with E-state index in [1.807, 2.05) is 34.3 Å². The summed E-state index contributed by atoms with van der Waals surface area (Å²) in [7, 11) is -3.68. The second-order valence-electron chi connectivity index (χ2n) is 5.66. The number of imidazole rings is 1. The Kier molecular flexibility index (Phi) is 3.62. The van der Waals surface area contributed by atoms with E-state index in [1.54, 1.807) is 37.3 Å². The lowest BCUT2D eigenvalue weighted by atomic mass is 10.1. The highest BCUT2D eigenvalue weighted by Gasteiger charge is 2.22. The molecule has 0 saturated heterocycles. The van der Waals surface area contributed by atoms with Crippen LogP contribution in [0.15, 0.2) is 46.9 Å². The van der Waals surface area contributed by atoms with Gasteiger partial charge in [-0.15, -0.1) is 11.3 Å². The van der Waals surface area contributed by atoms with Crippen molar-refractivity contribution in [2.75, 3.05) is 4.72 Å². The summed E-state index contributed by atoms with van der Waals surface area (Å²) in [6, 6.07) is 7.15. The second kappa shape index (κ2) is 5.71. The van der Waals surface area contributed by atoms with Crippen LogP contribution in [0.4, 0.5) is 5.69 Å². The van der Waals surface area contributed by atoms with Crippen molar-refractivity contribution in [2.24, 2.45) is 0 Å². The van der Waals surface area contributed by atoms with Crippen LogP contribution >= 0.6 is 11.3 Å². The Morgan fingerprint density at radius 3 is 2.60 bits per heavy atom. The molecule has 0 bridgehead atoms. The van der Waals surface area contributed by atoms with Crippen LogP contribution in [0.2, 0.25) is 0 Å². The number of nitrogens with one attached hydrogen (secondary N) is 2. The largest absolute Gasteiger partial charge is 0.297 e. The number of rotatable bonds is 4. The summed E-state index contributed by atoms with van der Waals surface area (Å²) >= 11 is 1.57. The zero-order valence-corrected chi connectivity index (χ0v) is 15.1. The van der Waals surface area contributed by atoms with Crippen molar-refractivity contribution >= 4 is 32.0 Å². The fourth-order valence-corrected chi connectivity index (χ4v) is 4.85. The standard InChI is InChI=1S/C16H15N5O2S2/c1-10-15(11(2)19-18-10)25(22,23)20-13-5-3-12(4-6-13)14-9-21-7-8-24-16(21)17-14/h3-9,20H,1-2H3,(H,18,19). The Bertz CT molecular complexity index is 1110. The highest BCUT2D eigenvalue weighted by atomic mass is 32.2. The molecule has 0 radical (unpaired) electrons. The quantitative estimate of drug-likeness (QED) is 0.574. The summed E-state index contributed by atoms with van der Waals surface area (Å²) in [5, 5.41) is 8.61. The van der Waals surface area contributed by atoms with Crippen molar-refractivity contribution in [3.8, 4) is 11.3 Å². The molecule has 9 heteroatoms. The van der Waals surface area contributed by atoms with Gasteiger partial charge in [0.25, 0.3) is 10.0 Å². The first-order valence-corrected chi connectivity index (χ1v) is 9.87. The molecule has 0 aliphatic heterocycles. The minimum atomic E-state index is -3.68. The zero-order chi connectivity index (χ0) is 17.6. The molecule has 4 rings (SSSR count). The number of fused-ring (bicyclic) bond motifs is 1. The van der Waals surface area contributed by atoms with Crippen LogP contribution in [0.3, 0.4) is 0 Å². The number of hydrogen-bond acceptors (Lipinski definition) is 5. The molecule has 0 fully saturated rings. The number of benzene rings is 1. The van der Waals surface area contributed by atoms with Crippen LogP contribution in [-0.4, -0.2) is 28.0 Å². The predicted molar refractivity (Wildman–Crippen MR) is 97.4 cm³/mol. The molecule has 2 N–H and O–H groups in total. The monoisotopic (exact) mass is 373 g/mol. The zero-order valence-electron chi connectivity index (χ0n) is 13.5. The summed E-state index contributed by atoms with van der Waals surface area (Å²) < 4.78 is 29.7. The number of aromatic amines is 1. The minimum absolute atomic E-state index is 0.186. The summed E-state index contributed by atoms with van der Waals surface area (Å²) in [5.74, 6) is 0. The van der Waals surface area contributed by atoms with Gasteiger partial charge in [0.2, 0.25) is 0 Å². The van der Waals surface area contributed by atoms with E-state index < -0.39 is 10.0 Å². The topological polar surface area (TPSA) is 92.1 Å². The third-order valence-electron chi connectivity index (χ3n) is 3.86. The van der Waals surface area contributed by atoms with Crippen LogP contribution in [-0.2, 0) is 10.0 Å². The molecule has 0 spiro atoms. The Morgan fingerprint density at radius 2 is 1.96 bits per heavy atom. The maximum Gasteiger partial charge on any atom is 0.265 e. The maximum absolute atomic E-state index is 12.6. The van der Waals surface area contributed by atoms with Gasteiger partial charge in [-0.3, -0.25) is 14.2 Å². The van der Waals surface area contributed by atoms with E-state index >= 15 is 0 Å². The van der Waals surface area contributed by atoms with E-state index in [1.165, 1.54) is 0 Å². The van der Waals surface area contributed by atoms with E-state index in [0.717, 1.165) is 16.2 Å². The molecular weight excluding hydrogens is 358 g/mol. The van der Waals surface area contributed by atoms with Crippen molar-refractivity contribution in [3.05, 3.63) is 53.4 Å². The van der Waals surface area contributed by atoms with Gasteiger partial charge in [-0.2, -0.15) is 5.10 Å². The molecule has 0 saturated carbocycles.